The molecule has 0 spiro atoms. The standard InChI is InChI=1S/C62H66O13S/c1-65-61-59(70-41-50-31-17-6-18-32-50)57(68-39-48-27-13-4-14-28-48)55(67-38-47-25-11-3-12-26-47)54(73-61)44-72-62-60(71-42-51-33-19-7-20-34-51)58(69-40-49-29-15-5-16-30-49)56(75-76(63,64)45-52-35-21-8-22-36-52)53(74-62)43-66-37-46-23-9-2-10-24-46/h2-36,53-62H,37-45H2,1H3/t53-,54-,55-,56-,57+,58+,59-,60+,61+,62?/m1/s1. The zero-order chi connectivity index (χ0) is 52.2. The highest BCUT2D eigenvalue weighted by Gasteiger charge is 2.53. The maximum Gasteiger partial charge on any atom is 0.271 e. The molecule has 7 aromatic rings. The molecule has 2 saturated heterocycles. The predicted octanol–water partition coefficient (Wildman–Crippen LogP) is 10.2. The maximum atomic E-state index is 14.3. The summed E-state index contributed by atoms with van der Waals surface area (Å²) in [5, 5.41) is 0. The van der Waals surface area contributed by atoms with E-state index < -0.39 is 77.3 Å². The molecule has 0 aromatic heterocycles. The van der Waals surface area contributed by atoms with Crippen LogP contribution in [0.1, 0.15) is 38.9 Å². The van der Waals surface area contributed by atoms with Crippen LogP contribution in [0.2, 0.25) is 0 Å². The summed E-state index contributed by atoms with van der Waals surface area (Å²) in [5.41, 5.74) is 6.04. The molecule has 14 heteroatoms. The highest BCUT2D eigenvalue weighted by molar-refractivity contribution is 7.85. The van der Waals surface area contributed by atoms with Crippen LogP contribution in [0.3, 0.4) is 0 Å². The third-order valence-corrected chi connectivity index (χ3v) is 14.3. The summed E-state index contributed by atoms with van der Waals surface area (Å²) in [5.74, 6) is -0.392. The van der Waals surface area contributed by atoms with E-state index in [2.05, 4.69) is 0 Å². The molecule has 0 bridgehead atoms. The van der Waals surface area contributed by atoms with E-state index in [9.17, 15) is 8.42 Å². The molecule has 7 aromatic carbocycles. The van der Waals surface area contributed by atoms with Gasteiger partial charge >= 0.3 is 0 Å². The Bertz CT molecular complexity index is 2820. The van der Waals surface area contributed by atoms with Gasteiger partial charge in [-0.15, -0.1) is 0 Å². The third kappa shape index (κ3) is 16.1. The van der Waals surface area contributed by atoms with E-state index in [4.69, 9.17) is 51.6 Å². The lowest BCUT2D eigenvalue weighted by Crippen LogP contribution is -2.64. The second-order valence-electron chi connectivity index (χ2n) is 18.7. The van der Waals surface area contributed by atoms with Gasteiger partial charge in [0.05, 0.1) is 52.9 Å². The number of rotatable bonds is 27. The molecular weight excluding hydrogens is 985 g/mol. The first-order valence-corrected chi connectivity index (χ1v) is 27.2. The molecule has 398 valence electrons. The van der Waals surface area contributed by atoms with Crippen LogP contribution < -0.4 is 0 Å². The quantitative estimate of drug-likeness (QED) is 0.0453. The van der Waals surface area contributed by atoms with Crippen molar-refractivity contribution in [2.45, 2.75) is 107 Å². The molecule has 2 aliphatic rings. The van der Waals surface area contributed by atoms with Gasteiger partial charge < -0.3 is 47.4 Å². The topological polar surface area (TPSA) is 136 Å². The summed E-state index contributed by atoms with van der Waals surface area (Å²) in [6, 6.07) is 67.5. The largest absolute Gasteiger partial charge is 0.374 e. The van der Waals surface area contributed by atoms with Gasteiger partial charge in [-0.25, -0.2) is 0 Å². The highest BCUT2D eigenvalue weighted by atomic mass is 32.2. The van der Waals surface area contributed by atoms with Gasteiger partial charge in [0.2, 0.25) is 0 Å². The van der Waals surface area contributed by atoms with Crippen molar-refractivity contribution >= 4 is 10.1 Å². The first kappa shape index (κ1) is 54.8. The maximum absolute atomic E-state index is 14.3. The van der Waals surface area contributed by atoms with Crippen LogP contribution in [0.15, 0.2) is 212 Å². The van der Waals surface area contributed by atoms with Crippen molar-refractivity contribution in [1.82, 2.24) is 0 Å². The summed E-state index contributed by atoms with van der Waals surface area (Å²) >= 11 is 0. The van der Waals surface area contributed by atoms with E-state index in [0.717, 1.165) is 33.4 Å². The van der Waals surface area contributed by atoms with Gasteiger partial charge in [0.1, 0.15) is 54.6 Å². The summed E-state index contributed by atoms with van der Waals surface area (Å²) in [7, 11) is -2.72. The van der Waals surface area contributed by atoms with E-state index in [1.54, 1.807) is 31.4 Å². The van der Waals surface area contributed by atoms with Gasteiger partial charge in [0, 0.05) is 7.11 Å². The van der Waals surface area contributed by atoms with Crippen molar-refractivity contribution in [3.63, 3.8) is 0 Å². The van der Waals surface area contributed by atoms with E-state index in [-0.39, 0.29) is 52.9 Å². The number of ether oxygens (including phenoxy) is 10. The van der Waals surface area contributed by atoms with Gasteiger partial charge in [0.15, 0.2) is 12.6 Å². The van der Waals surface area contributed by atoms with Crippen LogP contribution in [0.25, 0.3) is 0 Å². The predicted molar refractivity (Wildman–Crippen MR) is 285 cm³/mol. The average Bonchev–Trinajstić information content (AvgIpc) is 3.47. The molecule has 76 heavy (non-hydrogen) atoms. The van der Waals surface area contributed by atoms with Gasteiger partial charge in [-0.1, -0.05) is 212 Å². The fraction of sp³-hybridized carbons (Fsp3) is 0.323. The number of benzene rings is 7. The lowest BCUT2D eigenvalue weighted by atomic mass is 9.97. The molecule has 2 fully saturated rings. The molecule has 0 saturated carbocycles. The van der Waals surface area contributed by atoms with Crippen LogP contribution in [-0.4, -0.2) is 90.2 Å². The summed E-state index contributed by atoms with van der Waals surface area (Å²) in [4.78, 5) is 0. The molecule has 10 atom stereocenters. The molecule has 2 heterocycles. The third-order valence-electron chi connectivity index (χ3n) is 13.1. The Hall–Kier alpha value is -5.95. The Morgan fingerprint density at radius 2 is 0.658 bits per heavy atom. The Kier molecular flexibility index (Phi) is 20.5. The molecule has 13 nitrogen and oxygen atoms in total. The summed E-state index contributed by atoms with van der Waals surface area (Å²) in [6.07, 6.45) is -9.77. The first-order valence-electron chi connectivity index (χ1n) is 25.7. The number of methoxy groups -OCH3 is 1. The summed E-state index contributed by atoms with van der Waals surface area (Å²) in [6.45, 7) is 0.886. The molecule has 0 amide bonds. The van der Waals surface area contributed by atoms with Gasteiger partial charge in [-0.05, 0) is 38.9 Å². The molecule has 0 N–H and O–H groups in total. The Morgan fingerprint density at radius 3 is 1.07 bits per heavy atom. The minimum atomic E-state index is -4.29. The minimum Gasteiger partial charge on any atom is -0.374 e. The molecule has 1 unspecified atom stereocenters. The van der Waals surface area contributed by atoms with Crippen LogP contribution in [-0.2, 0) is 107 Å². The zero-order valence-corrected chi connectivity index (χ0v) is 43.4. The van der Waals surface area contributed by atoms with Gasteiger partial charge in [-0.3, -0.25) is 4.18 Å². The van der Waals surface area contributed by atoms with Gasteiger partial charge in [-0.2, -0.15) is 8.42 Å². The van der Waals surface area contributed by atoms with Crippen molar-refractivity contribution in [1.29, 1.82) is 0 Å². The normalized spacial score (nSPS) is 23.8. The number of hydrogen-bond donors (Lipinski definition) is 0. The first-order chi connectivity index (χ1) is 37.4. The van der Waals surface area contributed by atoms with E-state index in [0.29, 0.717) is 5.56 Å². The Morgan fingerprint density at radius 1 is 0.342 bits per heavy atom. The lowest BCUT2D eigenvalue weighted by Gasteiger charge is -2.47. The van der Waals surface area contributed by atoms with Crippen molar-refractivity contribution in [3.8, 4) is 0 Å². The highest BCUT2D eigenvalue weighted by Crippen LogP contribution is 2.35. The minimum absolute atomic E-state index is 0.0844. The SMILES string of the molecule is CO[C@H]1O[C@H](COC2O[C@H](COCc3ccccc3)[C@@H](OS(=O)(=O)Cc3ccccc3)[C@H](OCc3ccccc3)[C@@H]2OCc2ccccc2)[C@@H](OCc2ccccc2)[C@H](OCc2ccccc2)[C@H]1OCc1ccccc1. The summed E-state index contributed by atoms with van der Waals surface area (Å²) < 4.78 is 102. The van der Waals surface area contributed by atoms with Gasteiger partial charge in [0.25, 0.3) is 10.1 Å². The molecule has 9 rings (SSSR count). The van der Waals surface area contributed by atoms with Crippen LogP contribution in [0.5, 0.6) is 0 Å². The Balaban J connectivity index is 1.07. The molecule has 2 aliphatic heterocycles. The fourth-order valence-corrected chi connectivity index (χ4v) is 10.5. The Labute approximate surface area is 446 Å². The van der Waals surface area contributed by atoms with Crippen LogP contribution >= 0.6 is 0 Å². The van der Waals surface area contributed by atoms with Crippen LogP contribution in [0, 0.1) is 0 Å². The van der Waals surface area contributed by atoms with E-state index in [1.807, 2.05) is 188 Å². The number of hydrogen-bond acceptors (Lipinski definition) is 13. The zero-order valence-electron chi connectivity index (χ0n) is 42.6. The molecule has 0 aliphatic carbocycles. The van der Waals surface area contributed by atoms with Crippen LogP contribution in [0.4, 0.5) is 0 Å². The van der Waals surface area contributed by atoms with Crippen molar-refractivity contribution in [2.24, 2.45) is 0 Å². The second-order valence-corrected chi connectivity index (χ2v) is 20.3. The lowest BCUT2D eigenvalue weighted by molar-refractivity contribution is -0.346. The van der Waals surface area contributed by atoms with Crippen molar-refractivity contribution in [3.05, 3.63) is 251 Å². The van der Waals surface area contributed by atoms with E-state index >= 15 is 0 Å². The molecule has 0 radical (unpaired) electrons. The molecular formula is C62H66O13S. The second kappa shape index (κ2) is 28.4. The van der Waals surface area contributed by atoms with E-state index in [1.165, 1.54) is 0 Å². The fourth-order valence-electron chi connectivity index (χ4n) is 9.27. The smallest absolute Gasteiger partial charge is 0.271 e. The average molecular weight is 1050 g/mol. The monoisotopic (exact) mass is 1050 g/mol. The van der Waals surface area contributed by atoms with Crippen molar-refractivity contribution in [2.75, 3.05) is 20.3 Å². The van der Waals surface area contributed by atoms with Crippen molar-refractivity contribution < 1.29 is 60.0 Å².